The standard InChI is InChI=1S/C12H24N2/c1-9(2)14-8-10-7-12(10)5-3-11(13)4-6-12/h9-11,14H,3-8,13H2,1-2H3. The minimum Gasteiger partial charge on any atom is -0.328 e. The predicted octanol–water partition coefficient (Wildman–Crippen LogP) is 1.89. The highest BCUT2D eigenvalue weighted by Crippen LogP contribution is 2.60. The van der Waals surface area contributed by atoms with Gasteiger partial charge in [0.2, 0.25) is 0 Å². The Hall–Kier alpha value is -0.0800. The van der Waals surface area contributed by atoms with E-state index in [1.807, 2.05) is 0 Å². The van der Waals surface area contributed by atoms with E-state index >= 15 is 0 Å². The molecule has 1 unspecified atom stereocenters. The topological polar surface area (TPSA) is 38.0 Å². The second kappa shape index (κ2) is 3.82. The zero-order chi connectivity index (χ0) is 10.2. The molecule has 2 saturated carbocycles. The molecule has 2 rings (SSSR count). The van der Waals surface area contributed by atoms with Crippen LogP contribution < -0.4 is 11.1 Å². The van der Waals surface area contributed by atoms with E-state index in [2.05, 4.69) is 19.2 Å². The van der Waals surface area contributed by atoms with Crippen LogP contribution in [0.4, 0.5) is 0 Å². The van der Waals surface area contributed by atoms with Crippen molar-refractivity contribution in [3.8, 4) is 0 Å². The maximum atomic E-state index is 5.94. The van der Waals surface area contributed by atoms with Gasteiger partial charge in [-0.2, -0.15) is 0 Å². The molecule has 0 amide bonds. The molecule has 0 radical (unpaired) electrons. The van der Waals surface area contributed by atoms with Crippen molar-refractivity contribution in [2.45, 2.75) is 58.0 Å². The Kier molecular flexibility index (Phi) is 2.85. The summed E-state index contributed by atoms with van der Waals surface area (Å²) in [5.41, 5.74) is 6.66. The van der Waals surface area contributed by atoms with E-state index in [4.69, 9.17) is 5.73 Å². The van der Waals surface area contributed by atoms with Crippen molar-refractivity contribution in [3.05, 3.63) is 0 Å². The summed E-state index contributed by atoms with van der Waals surface area (Å²) in [6.45, 7) is 5.69. The van der Waals surface area contributed by atoms with Crippen LogP contribution in [0, 0.1) is 11.3 Å². The van der Waals surface area contributed by atoms with Crippen molar-refractivity contribution in [2.75, 3.05) is 6.54 Å². The van der Waals surface area contributed by atoms with Gasteiger partial charge in [-0.25, -0.2) is 0 Å². The van der Waals surface area contributed by atoms with Gasteiger partial charge in [-0.1, -0.05) is 13.8 Å². The van der Waals surface area contributed by atoms with Crippen LogP contribution in [0.1, 0.15) is 46.0 Å². The van der Waals surface area contributed by atoms with Crippen LogP contribution in [0.3, 0.4) is 0 Å². The second-order valence-electron chi connectivity index (χ2n) is 5.66. The van der Waals surface area contributed by atoms with Gasteiger partial charge in [-0.05, 0) is 50.0 Å². The van der Waals surface area contributed by atoms with E-state index in [1.165, 1.54) is 38.6 Å². The van der Waals surface area contributed by atoms with E-state index in [9.17, 15) is 0 Å². The molecule has 0 heterocycles. The lowest BCUT2D eigenvalue weighted by molar-refractivity contribution is 0.278. The van der Waals surface area contributed by atoms with Crippen LogP contribution >= 0.6 is 0 Å². The lowest BCUT2D eigenvalue weighted by Crippen LogP contribution is -2.31. The Morgan fingerprint density at radius 1 is 1.36 bits per heavy atom. The Balaban J connectivity index is 1.74. The van der Waals surface area contributed by atoms with Gasteiger partial charge in [-0.3, -0.25) is 0 Å². The molecule has 2 fully saturated rings. The molecule has 82 valence electrons. The number of nitrogens with one attached hydrogen (secondary N) is 1. The van der Waals surface area contributed by atoms with Crippen LogP contribution in [0.2, 0.25) is 0 Å². The van der Waals surface area contributed by atoms with Crippen molar-refractivity contribution in [2.24, 2.45) is 17.1 Å². The molecule has 1 spiro atoms. The monoisotopic (exact) mass is 196 g/mol. The lowest BCUT2D eigenvalue weighted by atomic mass is 9.82. The van der Waals surface area contributed by atoms with E-state index in [0.29, 0.717) is 12.1 Å². The molecule has 14 heavy (non-hydrogen) atoms. The first-order valence-electron chi connectivity index (χ1n) is 6.11. The summed E-state index contributed by atoms with van der Waals surface area (Å²) in [4.78, 5) is 0. The van der Waals surface area contributed by atoms with Crippen LogP contribution in [0.5, 0.6) is 0 Å². The molecule has 0 aromatic heterocycles. The predicted molar refractivity (Wildman–Crippen MR) is 60.1 cm³/mol. The molecule has 0 aromatic carbocycles. The Morgan fingerprint density at radius 3 is 2.57 bits per heavy atom. The van der Waals surface area contributed by atoms with Crippen LogP contribution in [-0.2, 0) is 0 Å². The van der Waals surface area contributed by atoms with Gasteiger partial charge in [0.25, 0.3) is 0 Å². The lowest BCUT2D eigenvalue weighted by Gasteiger charge is -2.27. The molecule has 0 aliphatic heterocycles. The summed E-state index contributed by atoms with van der Waals surface area (Å²) in [6.07, 6.45) is 6.76. The van der Waals surface area contributed by atoms with Gasteiger partial charge in [-0.15, -0.1) is 0 Å². The SMILES string of the molecule is CC(C)NCC1CC12CCC(N)CC2. The average Bonchev–Trinajstić information content (AvgIpc) is 2.82. The van der Waals surface area contributed by atoms with Crippen LogP contribution in [0.15, 0.2) is 0 Å². The molecule has 2 nitrogen and oxygen atoms in total. The Bertz CT molecular complexity index is 192. The van der Waals surface area contributed by atoms with Gasteiger partial charge < -0.3 is 11.1 Å². The van der Waals surface area contributed by atoms with Gasteiger partial charge >= 0.3 is 0 Å². The molecule has 1 atom stereocenters. The largest absolute Gasteiger partial charge is 0.328 e. The molecule has 2 aliphatic carbocycles. The Morgan fingerprint density at radius 2 is 2.00 bits per heavy atom. The fraction of sp³-hybridized carbons (Fsp3) is 1.00. The summed E-state index contributed by atoms with van der Waals surface area (Å²) >= 11 is 0. The zero-order valence-corrected chi connectivity index (χ0v) is 9.55. The average molecular weight is 196 g/mol. The molecule has 2 heteroatoms. The smallest absolute Gasteiger partial charge is 0.00392 e. The number of hydrogen-bond donors (Lipinski definition) is 2. The first-order chi connectivity index (χ1) is 6.62. The fourth-order valence-corrected chi connectivity index (χ4v) is 2.93. The summed E-state index contributed by atoms with van der Waals surface area (Å²) in [5, 5.41) is 3.56. The van der Waals surface area contributed by atoms with Gasteiger partial charge in [0.05, 0.1) is 0 Å². The van der Waals surface area contributed by atoms with Crippen LogP contribution in [-0.4, -0.2) is 18.6 Å². The van der Waals surface area contributed by atoms with E-state index < -0.39 is 0 Å². The highest BCUT2D eigenvalue weighted by molar-refractivity contribution is 5.05. The third-order valence-electron chi connectivity index (χ3n) is 4.16. The highest BCUT2D eigenvalue weighted by Gasteiger charge is 2.53. The summed E-state index contributed by atoms with van der Waals surface area (Å²) in [6, 6.07) is 1.14. The molecular formula is C12H24N2. The van der Waals surface area contributed by atoms with Crippen LogP contribution in [0.25, 0.3) is 0 Å². The quantitative estimate of drug-likeness (QED) is 0.723. The molecule has 0 bridgehead atoms. The third kappa shape index (κ3) is 2.12. The Labute approximate surface area is 87.6 Å². The first kappa shape index (κ1) is 10.4. The van der Waals surface area contributed by atoms with Crippen molar-refractivity contribution in [1.82, 2.24) is 5.32 Å². The minimum atomic E-state index is 0.500. The molecular weight excluding hydrogens is 172 g/mol. The zero-order valence-electron chi connectivity index (χ0n) is 9.55. The highest BCUT2D eigenvalue weighted by atomic mass is 14.9. The van der Waals surface area contributed by atoms with Gasteiger partial charge in [0, 0.05) is 12.1 Å². The number of nitrogens with two attached hydrogens (primary N) is 1. The molecule has 0 aromatic rings. The van der Waals surface area contributed by atoms with E-state index in [1.54, 1.807) is 0 Å². The van der Waals surface area contributed by atoms with Crippen molar-refractivity contribution < 1.29 is 0 Å². The van der Waals surface area contributed by atoms with Crippen molar-refractivity contribution >= 4 is 0 Å². The van der Waals surface area contributed by atoms with E-state index in [-0.39, 0.29) is 0 Å². The minimum absolute atomic E-state index is 0.500. The maximum Gasteiger partial charge on any atom is 0.00392 e. The molecule has 2 aliphatic rings. The fourth-order valence-electron chi connectivity index (χ4n) is 2.93. The third-order valence-corrected chi connectivity index (χ3v) is 4.16. The summed E-state index contributed by atoms with van der Waals surface area (Å²) in [7, 11) is 0. The number of hydrogen-bond acceptors (Lipinski definition) is 2. The first-order valence-corrected chi connectivity index (χ1v) is 6.11. The van der Waals surface area contributed by atoms with E-state index in [0.717, 1.165) is 11.3 Å². The molecule has 0 saturated heterocycles. The van der Waals surface area contributed by atoms with Crippen molar-refractivity contribution in [3.63, 3.8) is 0 Å². The summed E-state index contributed by atoms with van der Waals surface area (Å²) in [5.74, 6) is 0.956. The molecule has 3 N–H and O–H groups in total. The van der Waals surface area contributed by atoms with Gasteiger partial charge in [0.1, 0.15) is 0 Å². The maximum absolute atomic E-state index is 5.94. The number of rotatable bonds is 3. The normalized spacial score (nSPS) is 42.0. The summed E-state index contributed by atoms with van der Waals surface area (Å²) < 4.78 is 0. The van der Waals surface area contributed by atoms with Crippen molar-refractivity contribution in [1.29, 1.82) is 0 Å². The second-order valence-corrected chi connectivity index (χ2v) is 5.66. The van der Waals surface area contributed by atoms with Gasteiger partial charge in [0.15, 0.2) is 0 Å².